The molecule has 0 saturated carbocycles. The van der Waals surface area contributed by atoms with Crippen LogP contribution in [-0.4, -0.2) is 69.1 Å². The average Bonchev–Trinajstić information content (AvgIpc) is 3.25. The van der Waals surface area contributed by atoms with Gasteiger partial charge in [-0.1, -0.05) is 0 Å². The fourth-order valence-electron chi connectivity index (χ4n) is 2.43. The fourth-order valence-corrected chi connectivity index (χ4v) is 5.00. The second kappa shape index (κ2) is 7.51. The third-order valence-electron chi connectivity index (χ3n) is 3.69. The number of H-pyrrole nitrogens is 1. The highest BCUT2D eigenvalue weighted by molar-refractivity contribution is 7.99. The molecule has 140 valence electrons. The van der Waals surface area contributed by atoms with Gasteiger partial charge in [0, 0.05) is 43.1 Å². The molecule has 0 radical (unpaired) electrons. The van der Waals surface area contributed by atoms with Gasteiger partial charge in [0.1, 0.15) is 17.1 Å². The Morgan fingerprint density at radius 3 is 2.77 bits per heavy atom. The lowest BCUT2D eigenvalue weighted by Crippen LogP contribution is -2.37. The summed E-state index contributed by atoms with van der Waals surface area (Å²) in [5.41, 5.74) is 0.0720. The minimum absolute atomic E-state index is 0.0333. The number of thioether (sulfide) groups is 1. The lowest BCUT2D eigenvalue weighted by Gasteiger charge is -2.24. The Kier molecular flexibility index (Phi) is 5.34. The van der Waals surface area contributed by atoms with E-state index in [1.54, 1.807) is 11.8 Å². The van der Waals surface area contributed by atoms with Crippen LogP contribution in [0.5, 0.6) is 0 Å². The highest BCUT2D eigenvalue weighted by atomic mass is 32.2. The number of rotatable bonds is 6. The first-order valence-corrected chi connectivity index (χ1v) is 10.3. The molecule has 3 N–H and O–H groups in total. The van der Waals surface area contributed by atoms with E-state index in [1.165, 1.54) is 28.8 Å². The molecule has 0 aliphatic carbocycles. The van der Waals surface area contributed by atoms with Gasteiger partial charge in [-0.25, -0.2) is 8.42 Å². The Morgan fingerprint density at radius 2 is 2.08 bits per heavy atom. The van der Waals surface area contributed by atoms with E-state index >= 15 is 0 Å². The van der Waals surface area contributed by atoms with Gasteiger partial charge in [-0.05, 0) is 6.07 Å². The fraction of sp³-hybridized carbons (Fsp3) is 0.357. The quantitative estimate of drug-likeness (QED) is 0.634. The lowest BCUT2D eigenvalue weighted by molar-refractivity contribution is -0.137. The first-order valence-electron chi connectivity index (χ1n) is 7.69. The Hall–Kier alpha value is -2.31. The summed E-state index contributed by atoms with van der Waals surface area (Å²) in [5.74, 6) is 0.0391. The van der Waals surface area contributed by atoms with Gasteiger partial charge < -0.3 is 15.4 Å². The van der Waals surface area contributed by atoms with Crippen molar-refractivity contribution >= 4 is 39.5 Å². The van der Waals surface area contributed by atoms with Crippen LogP contribution in [0, 0.1) is 0 Å². The number of nitrogens with one attached hydrogen (secondary N) is 2. The number of carboxylic acid groups (broad SMARTS) is 1. The van der Waals surface area contributed by atoms with E-state index in [0.717, 1.165) is 16.2 Å². The first kappa shape index (κ1) is 18.5. The second-order valence-corrected chi connectivity index (χ2v) is 8.67. The van der Waals surface area contributed by atoms with Gasteiger partial charge in [-0.2, -0.15) is 21.2 Å². The molecule has 10 nitrogen and oxygen atoms in total. The number of sulfonamides is 1. The summed E-state index contributed by atoms with van der Waals surface area (Å²) < 4.78 is 27.7. The minimum Gasteiger partial charge on any atom is -0.480 e. The third-order valence-corrected chi connectivity index (χ3v) is 6.51. The number of hydrogen-bond donors (Lipinski definition) is 3. The molecular weight excluding hydrogens is 382 g/mol. The standard InChI is InChI=1S/C14H17N5O5S2/c20-13(21)9-18-2-1-12(17-18)16-14(22)11-7-10(8-15-11)26(23,24)19-3-5-25-6-4-19/h1-2,7-8,15H,3-6,9H2,(H,20,21)(H,16,17,22). The van der Waals surface area contributed by atoms with Crippen LogP contribution in [0.3, 0.4) is 0 Å². The minimum atomic E-state index is -3.63. The number of amides is 1. The van der Waals surface area contributed by atoms with E-state index in [1.807, 2.05) is 0 Å². The molecule has 3 rings (SSSR count). The molecule has 0 atom stereocenters. The van der Waals surface area contributed by atoms with Crippen LogP contribution in [0.4, 0.5) is 5.82 Å². The SMILES string of the molecule is O=C(O)Cn1ccc(NC(=O)c2cc(S(=O)(=O)N3CCSCC3)c[nH]2)n1. The number of anilines is 1. The maximum atomic E-state index is 12.6. The van der Waals surface area contributed by atoms with Crippen molar-refractivity contribution in [1.82, 2.24) is 19.1 Å². The molecule has 3 heterocycles. The molecule has 2 aromatic rings. The van der Waals surface area contributed by atoms with Crippen molar-refractivity contribution in [3.63, 3.8) is 0 Å². The van der Waals surface area contributed by atoms with E-state index in [4.69, 9.17) is 5.11 Å². The van der Waals surface area contributed by atoms with Crippen LogP contribution in [-0.2, 0) is 21.4 Å². The summed E-state index contributed by atoms with van der Waals surface area (Å²) in [4.78, 5) is 25.6. The Morgan fingerprint density at radius 1 is 1.35 bits per heavy atom. The molecule has 1 aliphatic heterocycles. The van der Waals surface area contributed by atoms with Crippen LogP contribution in [0.2, 0.25) is 0 Å². The number of hydrogen-bond acceptors (Lipinski definition) is 6. The van der Waals surface area contributed by atoms with Crippen molar-refractivity contribution in [1.29, 1.82) is 0 Å². The van der Waals surface area contributed by atoms with Gasteiger partial charge in [-0.15, -0.1) is 0 Å². The molecule has 1 aliphatic rings. The maximum absolute atomic E-state index is 12.6. The molecule has 2 aromatic heterocycles. The molecule has 0 spiro atoms. The summed E-state index contributed by atoms with van der Waals surface area (Å²) in [5, 5.41) is 15.1. The highest BCUT2D eigenvalue weighted by Gasteiger charge is 2.27. The smallest absolute Gasteiger partial charge is 0.325 e. The number of carboxylic acids is 1. The van der Waals surface area contributed by atoms with Crippen molar-refractivity contribution in [2.45, 2.75) is 11.4 Å². The molecule has 12 heteroatoms. The Labute approximate surface area is 153 Å². The van der Waals surface area contributed by atoms with Crippen molar-refractivity contribution in [2.24, 2.45) is 0 Å². The maximum Gasteiger partial charge on any atom is 0.325 e. The summed E-state index contributed by atoms with van der Waals surface area (Å²) in [6, 6.07) is 2.73. The number of aromatic nitrogens is 3. The zero-order valence-electron chi connectivity index (χ0n) is 13.6. The number of nitrogens with zero attached hydrogens (tertiary/aromatic N) is 3. The average molecular weight is 399 g/mol. The molecule has 26 heavy (non-hydrogen) atoms. The van der Waals surface area contributed by atoms with Crippen LogP contribution >= 0.6 is 11.8 Å². The van der Waals surface area contributed by atoms with Crippen molar-refractivity contribution in [3.8, 4) is 0 Å². The molecule has 1 amide bonds. The van der Waals surface area contributed by atoms with Gasteiger partial charge in [0.05, 0.1) is 0 Å². The van der Waals surface area contributed by atoms with Gasteiger partial charge in [0.2, 0.25) is 10.0 Å². The largest absolute Gasteiger partial charge is 0.480 e. The highest BCUT2D eigenvalue weighted by Crippen LogP contribution is 2.21. The molecule has 0 aromatic carbocycles. The van der Waals surface area contributed by atoms with Crippen LogP contribution < -0.4 is 5.32 Å². The number of carbonyl (C=O) groups excluding carboxylic acids is 1. The van der Waals surface area contributed by atoms with Gasteiger partial charge in [0.25, 0.3) is 5.91 Å². The summed E-state index contributed by atoms with van der Waals surface area (Å²) in [6.45, 7) is 0.566. The molecule has 0 bridgehead atoms. The monoisotopic (exact) mass is 399 g/mol. The Bertz CT molecular complexity index is 914. The topological polar surface area (TPSA) is 137 Å². The number of aliphatic carboxylic acids is 1. The van der Waals surface area contributed by atoms with Crippen molar-refractivity contribution in [2.75, 3.05) is 29.9 Å². The molecular formula is C14H17N5O5S2. The summed E-state index contributed by atoms with van der Waals surface area (Å²) in [6.07, 6.45) is 2.71. The summed E-state index contributed by atoms with van der Waals surface area (Å²) in [7, 11) is -3.63. The van der Waals surface area contributed by atoms with E-state index in [-0.39, 0.29) is 23.0 Å². The third kappa shape index (κ3) is 4.08. The van der Waals surface area contributed by atoms with E-state index in [9.17, 15) is 18.0 Å². The second-order valence-electron chi connectivity index (χ2n) is 5.51. The number of aromatic amines is 1. The molecule has 0 unspecified atom stereocenters. The normalized spacial score (nSPS) is 15.7. The van der Waals surface area contributed by atoms with Gasteiger partial charge >= 0.3 is 5.97 Å². The summed E-state index contributed by atoms with van der Waals surface area (Å²) >= 11 is 1.70. The zero-order valence-corrected chi connectivity index (χ0v) is 15.2. The molecule has 1 fully saturated rings. The predicted molar refractivity (Wildman–Crippen MR) is 94.7 cm³/mol. The van der Waals surface area contributed by atoms with Crippen LogP contribution in [0.1, 0.15) is 10.5 Å². The first-order chi connectivity index (χ1) is 12.4. The number of carbonyl (C=O) groups is 2. The van der Waals surface area contributed by atoms with Crippen molar-refractivity contribution in [3.05, 3.63) is 30.2 Å². The van der Waals surface area contributed by atoms with E-state index in [2.05, 4.69) is 15.4 Å². The van der Waals surface area contributed by atoms with Crippen molar-refractivity contribution < 1.29 is 23.1 Å². The zero-order chi connectivity index (χ0) is 18.7. The van der Waals surface area contributed by atoms with Gasteiger partial charge in [0.15, 0.2) is 5.82 Å². The molecule has 1 saturated heterocycles. The van der Waals surface area contributed by atoms with Crippen LogP contribution in [0.25, 0.3) is 0 Å². The van der Waals surface area contributed by atoms with E-state index in [0.29, 0.717) is 13.1 Å². The van der Waals surface area contributed by atoms with Gasteiger partial charge in [-0.3, -0.25) is 14.3 Å². The Balaban J connectivity index is 1.69. The predicted octanol–water partition coefficient (Wildman–Crippen LogP) is 0.286. The van der Waals surface area contributed by atoms with Crippen LogP contribution in [0.15, 0.2) is 29.4 Å². The van der Waals surface area contributed by atoms with E-state index < -0.39 is 21.9 Å². The lowest BCUT2D eigenvalue weighted by atomic mass is 10.4.